The van der Waals surface area contributed by atoms with Crippen LogP contribution < -0.4 is 0 Å². The molecule has 1 nitrogen and oxygen atoms in total. The number of allylic oxidation sites excluding steroid dienone is 1. The lowest BCUT2D eigenvalue weighted by molar-refractivity contribution is -0.122. The summed E-state index contributed by atoms with van der Waals surface area (Å²) in [5, 5.41) is 0. The molecule has 0 radical (unpaired) electrons. The molecule has 0 aromatic rings. The molecule has 0 amide bonds. The average molecular weight is 224 g/mol. The fraction of sp³-hybridized carbons (Fsp3) is 0.769. The molecule has 2 heteroatoms. The van der Waals surface area contributed by atoms with Crippen LogP contribution in [0.25, 0.3) is 0 Å². The maximum atomic E-state index is 11.8. The molecule has 1 aliphatic carbocycles. The van der Waals surface area contributed by atoms with Gasteiger partial charge >= 0.3 is 0 Å². The zero-order valence-electron chi connectivity index (χ0n) is 10.4. The highest BCUT2D eigenvalue weighted by Gasteiger charge is 2.19. The normalized spacial score (nSPS) is 19.7. The summed E-state index contributed by atoms with van der Waals surface area (Å²) in [4.78, 5) is 11.8. The Morgan fingerprint density at radius 1 is 1.20 bits per heavy atom. The Bertz CT molecular complexity index is 231. The predicted molar refractivity (Wildman–Crippen MR) is 68.7 cm³/mol. The smallest absolute Gasteiger partial charge is 0.139 e. The van der Waals surface area contributed by atoms with Crippen molar-refractivity contribution >= 4 is 13.9 Å². The number of rotatable bonds is 4. The first-order valence-electron chi connectivity index (χ1n) is 6.19. The van der Waals surface area contributed by atoms with Crippen LogP contribution in [0.5, 0.6) is 0 Å². The van der Waals surface area contributed by atoms with Crippen molar-refractivity contribution in [1.29, 1.82) is 0 Å². The third kappa shape index (κ3) is 5.31. The minimum Gasteiger partial charge on any atom is -0.299 e. The van der Waals surface area contributed by atoms with Crippen LogP contribution in [0.15, 0.2) is 11.8 Å². The molecule has 1 fully saturated rings. The molecule has 1 saturated carbocycles. The van der Waals surface area contributed by atoms with Gasteiger partial charge in [-0.3, -0.25) is 4.79 Å². The zero-order chi connectivity index (χ0) is 11.3. The van der Waals surface area contributed by atoms with E-state index in [1.807, 2.05) is 0 Å². The van der Waals surface area contributed by atoms with Gasteiger partial charge in [0.2, 0.25) is 0 Å². The van der Waals surface area contributed by atoms with Gasteiger partial charge < -0.3 is 0 Å². The molecule has 0 N–H and O–H groups in total. The van der Waals surface area contributed by atoms with E-state index in [2.05, 4.69) is 31.4 Å². The van der Waals surface area contributed by atoms with Crippen molar-refractivity contribution < 1.29 is 4.79 Å². The molecular formula is C13H24OSi. The monoisotopic (exact) mass is 224 g/mol. The molecule has 15 heavy (non-hydrogen) atoms. The number of carbonyl (C=O) groups is 1. The van der Waals surface area contributed by atoms with Gasteiger partial charge in [0.1, 0.15) is 5.78 Å². The molecule has 0 aliphatic heterocycles. The highest BCUT2D eigenvalue weighted by Crippen LogP contribution is 2.25. The summed E-state index contributed by atoms with van der Waals surface area (Å²) in [5.74, 6) is 0.856. The second-order valence-electron chi connectivity index (χ2n) is 5.77. The summed E-state index contributed by atoms with van der Waals surface area (Å²) in [6.45, 7) is 6.90. The van der Waals surface area contributed by atoms with Crippen molar-refractivity contribution in [2.45, 2.75) is 58.2 Å². The number of carbonyl (C=O) groups excluding carboxylic acids is 1. The quantitative estimate of drug-likeness (QED) is 0.661. The van der Waals surface area contributed by atoms with Crippen molar-refractivity contribution in [2.24, 2.45) is 5.92 Å². The van der Waals surface area contributed by atoms with Gasteiger partial charge in [-0.1, -0.05) is 50.7 Å². The van der Waals surface area contributed by atoms with Crippen LogP contribution in [0.1, 0.15) is 38.5 Å². The minimum atomic E-state index is -1.11. The van der Waals surface area contributed by atoms with Gasteiger partial charge in [-0.05, 0) is 12.8 Å². The molecule has 0 bridgehead atoms. The van der Waals surface area contributed by atoms with Crippen LogP contribution in [-0.4, -0.2) is 13.9 Å². The van der Waals surface area contributed by atoms with Crippen LogP contribution in [0.4, 0.5) is 0 Å². The van der Waals surface area contributed by atoms with E-state index in [1.54, 1.807) is 0 Å². The summed E-state index contributed by atoms with van der Waals surface area (Å²) >= 11 is 0. The number of Topliss-reactive ketones (excluding diaryl/α,β-unsaturated/α-hetero) is 1. The fourth-order valence-corrected chi connectivity index (χ4v) is 2.94. The molecule has 1 aliphatic rings. The van der Waals surface area contributed by atoms with Crippen molar-refractivity contribution in [1.82, 2.24) is 0 Å². The molecule has 0 unspecified atom stereocenters. The van der Waals surface area contributed by atoms with Crippen molar-refractivity contribution in [3.63, 3.8) is 0 Å². The summed E-state index contributed by atoms with van der Waals surface area (Å²) in [7, 11) is -1.11. The van der Waals surface area contributed by atoms with E-state index >= 15 is 0 Å². The summed E-state index contributed by atoms with van der Waals surface area (Å²) in [5.41, 5.74) is 2.29. The first kappa shape index (κ1) is 12.7. The standard InChI is InChI=1S/C13H24OSi/c1-15(2,3)11-7-10-13(14)12-8-5-4-6-9-12/h7,11-12H,4-6,8-10H2,1-3H3/b11-7+. The van der Waals surface area contributed by atoms with Gasteiger partial charge in [0.15, 0.2) is 0 Å². The lowest BCUT2D eigenvalue weighted by Gasteiger charge is -2.19. The number of hydrogen-bond donors (Lipinski definition) is 0. The van der Waals surface area contributed by atoms with Crippen LogP contribution >= 0.6 is 0 Å². The predicted octanol–water partition coefficient (Wildman–Crippen LogP) is 3.96. The van der Waals surface area contributed by atoms with E-state index in [4.69, 9.17) is 0 Å². The van der Waals surface area contributed by atoms with E-state index in [9.17, 15) is 4.79 Å². The average Bonchev–Trinajstić information content (AvgIpc) is 2.17. The largest absolute Gasteiger partial charge is 0.299 e. The van der Waals surface area contributed by atoms with Crippen molar-refractivity contribution in [3.8, 4) is 0 Å². The van der Waals surface area contributed by atoms with Crippen molar-refractivity contribution in [3.05, 3.63) is 11.8 Å². The Hall–Kier alpha value is -0.373. The maximum Gasteiger partial charge on any atom is 0.139 e. The lowest BCUT2D eigenvalue weighted by atomic mass is 9.85. The molecule has 0 aromatic heterocycles. The maximum absolute atomic E-state index is 11.8. The van der Waals surface area contributed by atoms with Gasteiger partial charge in [-0.25, -0.2) is 0 Å². The van der Waals surface area contributed by atoms with E-state index < -0.39 is 8.07 Å². The Morgan fingerprint density at radius 2 is 1.80 bits per heavy atom. The second-order valence-corrected chi connectivity index (χ2v) is 10.8. The van der Waals surface area contributed by atoms with E-state index in [0.717, 1.165) is 12.8 Å². The molecule has 0 atom stereocenters. The van der Waals surface area contributed by atoms with Crippen LogP contribution in [0.2, 0.25) is 19.6 Å². The van der Waals surface area contributed by atoms with Crippen LogP contribution in [0, 0.1) is 5.92 Å². The number of hydrogen-bond acceptors (Lipinski definition) is 1. The summed E-state index contributed by atoms with van der Waals surface area (Å²) in [6.07, 6.45) is 8.91. The van der Waals surface area contributed by atoms with Gasteiger partial charge in [0, 0.05) is 12.3 Å². The third-order valence-corrected chi connectivity index (χ3v) is 4.23. The third-order valence-electron chi connectivity index (χ3n) is 3.00. The van der Waals surface area contributed by atoms with Crippen LogP contribution in [-0.2, 0) is 4.79 Å². The van der Waals surface area contributed by atoms with Gasteiger partial charge in [-0.15, -0.1) is 0 Å². The molecular weight excluding hydrogens is 200 g/mol. The Balaban J connectivity index is 2.32. The fourth-order valence-electron chi connectivity index (χ4n) is 2.12. The van der Waals surface area contributed by atoms with Gasteiger partial charge in [0.05, 0.1) is 8.07 Å². The van der Waals surface area contributed by atoms with Crippen LogP contribution in [0.3, 0.4) is 0 Å². The zero-order valence-corrected chi connectivity index (χ0v) is 11.4. The molecule has 0 heterocycles. The first-order chi connectivity index (χ1) is 6.99. The van der Waals surface area contributed by atoms with E-state index in [0.29, 0.717) is 18.1 Å². The first-order valence-corrected chi connectivity index (χ1v) is 9.77. The molecule has 86 valence electrons. The Labute approximate surface area is 95.0 Å². The highest BCUT2D eigenvalue weighted by molar-refractivity contribution is 6.80. The summed E-state index contributed by atoms with van der Waals surface area (Å²) < 4.78 is 0. The molecule has 1 rings (SSSR count). The molecule has 0 saturated heterocycles. The van der Waals surface area contributed by atoms with E-state index in [-0.39, 0.29) is 0 Å². The molecule has 0 aromatic carbocycles. The Kier molecular flexibility index (Phi) is 4.77. The number of ketones is 1. The van der Waals surface area contributed by atoms with Gasteiger partial charge in [0.25, 0.3) is 0 Å². The lowest BCUT2D eigenvalue weighted by Crippen LogP contribution is -2.18. The molecule has 0 spiro atoms. The minimum absolute atomic E-state index is 0.380. The second kappa shape index (κ2) is 5.64. The van der Waals surface area contributed by atoms with Crippen molar-refractivity contribution in [2.75, 3.05) is 0 Å². The van der Waals surface area contributed by atoms with E-state index in [1.165, 1.54) is 19.3 Å². The highest BCUT2D eigenvalue weighted by atomic mass is 28.3. The summed E-state index contributed by atoms with van der Waals surface area (Å²) in [6, 6.07) is 0. The topological polar surface area (TPSA) is 17.1 Å². The Morgan fingerprint density at radius 3 is 2.33 bits per heavy atom. The SMILES string of the molecule is C[Si](C)(C)/C=C/CC(=O)C1CCCCC1. The van der Waals surface area contributed by atoms with Gasteiger partial charge in [-0.2, -0.15) is 0 Å².